The molecule has 0 amide bonds. The minimum Gasteiger partial charge on any atom is -0.273 e. The first-order valence-corrected chi connectivity index (χ1v) is 16.3. The minimum absolute atomic E-state index is 0.167. The summed E-state index contributed by atoms with van der Waals surface area (Å²) < 4.78 is 1.34. The molecule has 0 N–H and O–H groups in total. The van der Waals surface area contributed by atoms with Gasteiger partial charge in [-0.25, -0.2) is 12.2 Å². The van der Waals surface area contributed by atoms with Gasteiger partial charge in [-0.15, -0.1) is 17.5 Å². The normalized spacial score (nSPS) is 13.0. The average molecular weight is 648 g/mol. The minimum atomic E-state index is 0.167. The van der Waals surface area contributed by atoms with Crippen molar-refractivity contribution in [1.29, 1.82) is 0 Å². The van der Waals surface area contributed by atoms with Gasteiger partial charge in [-0.05, 0) is 28.4 Å². The van der Waals surface area contributed by atoms with E-state index in [1.807, 2.05) is 30.4 Å². The van der Waals surface area contributed by atoms with Crippen LogP contribution in [0.3, 0.4) is 0 Å². The summed E-state index contributed by atoms with van der Waals surface area (Å²) >= 11 is 7.40. The molecule has 2 aliphatic rings. The van der Waals surface area contributed by atoms with E-state index >= 15 is 0 Å². The van der Waals surface area contributed by atoms with Crippen LogP contribution in [0.15, 0.2) is 97.1 Å². The third-order valence-corrected chi connectivity index (χ3v) is 9.16. The van der Waals surface area contributed by atoms with E-state index in [2.05, 4.69) is 127 Å². The second kappa shape index (κ2) is 13.8. The van der Waals surface area contributed by atoms with Crippen molar-refractivity contribution in [2.75, 3.05) is 0 Å². The smallest absolute Gasteiger partial charge is 0.109 e. The summed E-state index contributed by atoms with van der Waals surface area (Å²) in [5.41, 5.74) is 12.5. The van der Waals surface area contributed by atoms with Crippen LogP contribution < -0.4 is 0 Å². The zero-order valence-electron chi connectivity index (χ0n) is 26.0. The van der Waals surface area contributed by atoms with Crippen LogP contribution in [0, 0.1) is 19.1 Å². The molecule has 212 valence electrons. The van der Waals surface area contributed by atoms with E-state index in [0.717, 1.165) is 17.9 Å². The van der Waals surface area contributed by atoms with Crippen molar-refractivity contribution < 1.29 is 24.2 Å². The van der Waals surface area contributed by atoms with Gasteiger partial charge in [-0.1, -0.05) is 65.3 Å². The van der Waals surface area contributed by atoms with Crippen molar-refractivity contribution in [3.63, 3.8) is 0 Å². The summed E-state index contributed by atoms with van der Waals surface area (Å²) in [6.45, 7) is 15.7. The molecule has 0 aliphatic heterocycles. The molecule has 0 saturated carbocycles. The number of benzene rings is 4. The Labute approximate surface area is 273 Å². The Morgan fingerprint density at radius 1 is 0.786 bits per heavy atom. The van der Waals surface area contributed by atoms with E-state index in [-0.39, 0.29) is 10.8 Å². The molecule has 0 heterocycles. The Morgan fingerprint density at radius 2 is 1.50 bits per heavy atom. The molecule has 0 spiro atoms. The first-order chi connectivity index (χ1) is 19.8. The van der Waals surface area contributed by atoms with Gasteiger partial charge >= 0.3 is 116 Å². The SMILES string of the molecule is CC(C)(C)c1[c-]c2c(cc1)-c1ccc(C(C)(C)C)cc1C2.Cc1ccc([C](=[Zr+2])c2cccc(Cl)c2)cc1.[C-]1=CC=CC1. The number of halogens is 1. The average Bonchev–Trinajstić information content (AvgIpc) is 3.64. The molecule has 2 heteroatoms. The van der Waals surface area contributed by atoms with Crippen LogP contribution in [0.4, 0.5) is 0 Å². The van der Waals surface area contributed by atoms with Gasteiger partial charge in [-0.2, -0.15) is 29.8 Å². The summed E-state index contributed by atoms with van der Waals surface area (Å²) in [4.78, 5) is 0. The van der Waals surface area contributed by atoms with Crippen LogP contribution in [0.2, 0.25) is 5.02 Å². The molecule has 0 bridgehead atoms. The Balaban J connectivity index is 0.000000170. The molecule has 42 heavy (non-hydrogen) atoms. The summed E-state index contributed by atoms with van der Waals surface area (Å²) in [6.07, 6.45) is 11.0. The van der Waals surface area contributed by atoms with Gasteiger partial charge in [0.15, 0.2) is 0 Å². The molecule has 0 fully saturated rings. The molecule has 4 aromatic rings. The molecule has 0 atom stereocenters. The van der Waals surface area contributed by atoms with Crippen molar-refractivity contribution in [1.82, 2.24) is 0 Å². The second-order valence-corrected chi connectivity index (χ2v) is 14.7. The number of aryl methyl sites for hydroxylation is 1. The molecule has 0 nitrogen and oxygen atoms in total. The van der Waals surface area contributed by atoms with Gasteiger partial charge in [0.1, 0.15) is 0 Å². The van der Waals surface area contributed by atoms with Crippen LogP contribution in [-0.4, -0.2) is 3.21 Å². The first-order valence-electron chi connectivity index (χ1n) is 14.7. The Kier molecular flexibility index (Phi) is 10.6. The van der Waals surface area contributed by atoms with Gasteiger partial charge in [0.2, 0.25) is 0 Å². The molecular formula is C40H41ClZr. The maximum absolute atomic E-state index is 6.00. The van der Waals surface area contributed by atoms with Crippen molar-refractivity contribution in [3.05, 3.63) is 153 Å². The number of hydrogen-bond donors (Lipinski definition) is 0. The van der Waals surface area contributed by atoms with Gasteiger partial charge in [-0.3, -0.25) is 6.08 Å². The van der Waals surface area contributed by atoms with E-state index in [1.54, 1.807) is 0 Å². The predicted octanol–water partition coefficient (Wildman–Crippen LogP) is 10.7. The zero-order valence-corrected chi connectivity index (χ0v) is 29.2. The van der Waals surface area contributed by atoms with Crippen LogP contribution in [0.25, 0.3) is 11.1 Å². The van der Waals surface area contributed by atoms with E-state index in [0.29, 0.717) is 0 Å². The van der Waals surface area contributed by atoms with Crippen molar-refractivity contribution in [2.24, 2.45) is 0 Å². The van der Waals surface area contributed by atoms with Gasteiger partial charge in [0.05, 0.1) is 0 Å². The Bertz CT molecular complexity index is 1530. The maximum Gasteiger partial charge on any atom is -0.109 e. The van der Waals surface area contributed by atoms with Crippen molar-refractivity contribution in [2.45, 2.75) is 72.1 Å². The van der Waals surface area contributed by atoms with Gasteiger partial charge in [0.25, 0.3) is 0 Å². The molecular weight excluding hydrogens is 607 g/mol. The first kappa shape index (κ1) is 32.3. The van der Waals surface area contributed by atoms with Gasteiger partial charge < -0.3 is 0 Å². The third-order valence-electron chi connectivity index (χ3n) is 7.50. The zero-order chi connectivity index (χ0) is 30.5. The standard InChI is InChI=1S/C21H25.C14H11Cl.C5H5.Zr/c1-20(2,3)16-7-9-18-14(12-16)11-15-13-17(21(4,5)6)8-10-19(15)18;1-11-5-7-12(8-6-11)9-13-3-2-4-14(15)10-13;1-2-4-5-3-1;/h7-10,12H,11H2,1-6H3;2-8,10H,1H3;1-3H,4H2;/q-1;;-1;+2. The molecule has 0 saturated heterocycles. The number of fused-ring (bicyclic) bond motifs is 3. The third kappa shape index (κ3) is 8.49. The molecule has 4 aromatic carbocycles. The summed E-state index contributed by atoms with van der Waals surface area (Å²) in [5, 5.41) is 0.796. The largest absolute Gasteiger partial charge is 0.273 e. The van der Waals surface area contributed by atoms with E-state index in [9.17, 15) is 0 Å². The fraction of sp³-hybridized carbons (Fsp3) is 0.275. The predicted molar refractivity (Wildman–Crippen MR) is 178 cm³/mol. The molecule has 0 unspecified atom stereocenters. The number of allylic oxidation sites excluding steroid dienone is 4. The van der Waals surface area contributed by atoms with Crippen molar-refractivity contribution in [3.8, 4) is 11.1 Å². The molecule has 2 aliphatic carbocycles. The number of hydrogen-bond acceptors (Lipinski definition) is 0. The van der Waals surface area contributed by atoms with Crippen molar-refractivity contribution >= 4 is 14.8 Å². The van der Waals surface area contributed by atoms with E-state index in [4.69, 9.17) is 11.6 Å². The van der Waals surface area contributed by atoms with E-state index in [1.165, 1.54) is 77.5 Å². The van der Waals surface area contributed by atoms with E-state index < -0.39 is 0 Å². The maximum atomic E-state index is 6.00. The van der Waals surface area contributed by atoms with Gasteiger partial charge in [0, 0.05) is 0 Å². The Morgan fingerprint density at radius 3 is 2.07 bits per heavy atom. The fourth-order valence-electron chi connectivity index (χ4n) is 4.90. The summed E-state index contributed by atoms with van der Waals surface area (Å²) in [5.74, 6) is 0. The summed E-state index contributed by atoms with van der Waals surface area (Å²) in [7, 11) is 0. The molecule has 6 rings (SSSR count). The monoisotopic (exact) mass is 646 g/mol. The second-order valence-electron chi connectivity index (χ2n) is 13.1. The van der Waals surface area contributed by atoms with Crippen LogP contribution in [0.5, 0.6) is 0 Å². The Hall–Kier alpha value is -2.60. The van der Waals surface area contributed by atoms with Crippen LogP contribution >= 0.6 is 11.6 Å². The van der Waals surface area contributed by atoms with Crippen LogP contribution in [0.1, 0.15) is 86.9 Å². The quantitative estimate of drug-likeness (QED) is 0.167. The number of rotatable bonds is 2. The fourth-order valence-corrected chi connectivity index (χ4v) is 5.88. The van der Waals surface area contributed by atoms with Crippen LogP contribution in [-0.2, 0) is 41.5 Å². The molecule has 0 radical (unpaired) electrons. The topological polar surface area (TPSA) is 0 Å². The summed E-state index contributed by atoms with van der Waals surface area (Å²) in [6, 6.07) is 31.8. The molecule has 0 aromatic heterocycles.